The number of thiophene rings is 1. The number of thiazole rings is 1. The number of carbonyl (C=O) groups excluding carboxylic acids is 2. The van der Waals surface area contributed by atoms with E-state index in [9.17, 15) is 9.59 Å². The molecule has 4 aromatic rings. The molecule has 0 fully saturated rings. The van der Waals surface area contributed by atoms with Crippen LogP contribution in [-0.4, -0.2) is 27.8 Å². The van der Waals surface area contributed by atoms with Crippen LogP contribution in [0.2, 0.25) is 0 Å². The van der Waals surface area contributed by atoms with Gasteiger partial charge in [-0.2, -0.15) is 0 Å². The lowest BCUT2D eigenvalue weighted by Crippen LogP contribution is -2.45. The van der Waals surface area contributed by atoms with E-state index in [0.29, 0.717) is 16.4 Å². The number of anilines is 1. The largest absolute Gasteiger partial charge is 0.339 e. The minimum absolute atomic E-state index is 0.267. The Hall–Kier alpha value is -3.36. The Morgan fingerprint density at radius 1 is 1.00 bits per heavy atom. The van der Waals surface area contributed by atoms with Gasteiger partial charge in [0.25, 0.3) is 5.91 Å². The first-order valence-electron chi connectivity index (χ1n) is 9.24. The maximum atomic E-state index is 13.0. The Bertz CT molecular complexity index is 1110. The number of rotatable bonds is 7. The van der Waals surface area contributed by atoms with Crippen molar-refractivity contribution in [3.05, 3.63) is 88.2 Å². The third-order valence-corrected chi connectivity index (χ3v) is 5.97. The molecule has 30 heavy (non-hydrogen) atoms. The van der Waals surface area contributed by atoms with Crippen LogP contribution in [0, 0.1) is 0 Å². The Kier molecular flexibility index (Phi) is 6.26. The number of amides is 2. The smallest absolute Gasteiger partial charge is 0.262 e. The molecular formula is C22H18N4O2S2. The van der Waals surface area contributed by atoms with Gasteiger partial charge >= 0.3 is 0 Å². The molecule has 0 unspecified atom stereocenters. The average molecular weight is 435 g/mol. The molecule has 0 aliphatic heterocycles. The van der Waals surface area contributed by atoms with Crippen LogP contribution < -0.4 is 10.6 Å². The van der Waals surface area contributed by atoms with E-state index in [1.165, 1.54) is 22.7 Å². The van der Waals surface area contributed by atoms with Crippen LogP contribution >= 0.6 is 22.7 Å². The molecule has 0 bridgehead atoms. The highest BCUT2D eigenvalue weighted by atomic mass is 32.1. The summed E-state index contributed by atoms with van der Waals surface area (Å²) < 4.78 is 0. The molecule has 4 rings (SSSR count). The lowest BCUT2D eigenvalue weighted by Gasteiger charge is -2.17. The molecule has 2 N–H and O–H groups in total. The second-order valence-corrected chi connectivity index (χ2v) is 8.27. The fourth-order valence-electron chi connectivity index (χ4n) is 2.87. The first-order valence-corrected chi connectivity index (χ1v) is 11.0. The van der Waals surface area contributed by atoms with E-state index in [0.717, 1.165) is 16.8 Å². The second-order valence-electron chi connectivity index (χ2n) is 6.46. The molecule has 8 heteroatoms. The number of nitrogens with zero attached hydrogens (tertiary/aromatic N) is 2. The molecule has 0 spiro atoms. The van der Waals surface area contributed by atoms with Gasteiger partial charge in [-0.3, -0.25) is 14.6 Å². The number of benzene rings is 1. The van der Waals surface area contributed by atoms with E-state index < -0.39 is 6.04 Å². The zero-order valence-electron chi connectivity index (χ0n) is 15.8. The summed E-state index contributed by atoms with van der Waals surface area (Å²) in [7, 11) is 0. The Balaban J connectivity index is 1.50. The van der Waals surface area contributed by atoms with Gasteiger partial charge in [-0.05, 0) is 29.1 Å². The van der Waals surface area contributed by atoms with Crippen LogP contribution in [0.3, 0.4) is 0 Å². The predicted molar refractivity (Wildman–Crippen MR) is 120 cm³/mol. The highest BCUT2D eigenvalue weighted by Crippen LogP contribution is 2.24. The van der Waals surface area contributed by atoms with E-state index in [1.807, 2.05) is 53.2 Å². The van der Waals surface area contributed by atoms with Gasteiger partial charge in [0.05, 0.1) is 10.6 Å². The molecule has 1 atom stereocenters. The fraction of sp³-hybridized carbons (Fsp3) is 0.0909. The monoisotopic (exact) mass is 434 g/mol. The maximum absolute atomic E-state index is 13.0. The minimum Gasteiger partial charge on any atom is -0.339 e. The van der Waals surface area contributed by atoms with Gasteiger partial charge in [0.2, 0.25) is 5.91 Å². The van der Waals surface area contributed by atoms with Crippen molar-refractivity contribution >= 4 is 39.6 Å². The number of pyridine rings is 1. The number of hydrogen-bond acceptors (Lipinski definition) is 6. The SMILES string of the molecule is O=C(N[C@@H](Cc1ccccc1)C(=O)Nc1nc(-c2cccnc2)cs1)c1cccs1. The summed E-state index contributed by atoms with van der Waals surface area (Å²) >= 11 is 2.67. The van der Waals surface area contributed by atoms with Crippen LogP contribution in [0.1, 0.15) is 15.2 Å². The Morgan fingerprint density at radius 3 is 2.60 bits per heavy atom. The van der Waals surface area contributed by atoms with E-state index in [1.54, 1.807) is 24.5 Å². The van der Waals surface area contributed by atoms with Gasteiger partial charge in [-0.15, -0.1) is 22.7 Å². The second kappa shape index (κ2) is 9.43. The molecule has 0 saturated heterocycles. The minimum atomic E-state index is -0.729. The lowest BCUT2D eigenvalue weighted by molar-refractivity contribution is -0.118. The van der Waals surface area contributed by atoms with Gasteiger partial charge in [0.15, 0.2) is 5.13 Å². The number of nitrogens with one attached hydrogen (secondary N) is 2. The summed E-state index contributed by atoms with van der Waals surface area (Å²) in [6.07, 6.45) is 3.80. The third kappa shape index (κ3) is 4.97. The normalized spacial score (nSPS) is 11.6. The molecule has 0 aliphatic carbocycles. The van der Waals surface area contributed by atoms with Crippen LogP contribution in [0.4, 0.5) is 5.13 Å². The molecule has 1 aromatic carbocycles. The van der Waals surface area contributed by atoms with Crippen molar-refractivity contribution in [3.63, 3.8) is 0 Å². The van der Waals surface area contributed by atoms with E-state index in [2.05, 4.69) is 20.6 Å². The van der Waals surface area contributed by atoms with Crippen molar-refractivity contribution in [2.75, 3.05) is 5.32 Å². The molecule has 2 amide bonds. The molecule has 0 saturated carbocycles. The van der Waals surface area contributed by atoms with Gasteiger partial charge < -0.3 is 10.6 Å². The van der Waals surface area contributed by atoms with Crippen molar-refractivity contribution in [2.45, 2.75) is 12.5 Å². The summed E-state index contributed by atoms with van der Waals surface area (Å²) in [5.74, 6) is -0.577. The predicted octanol–water partition coefficient (Wildman–Crippen LogP) is 4.25. The number of aromatic nitrogens is 2. The van der Waals surface area contributed by atoms with Gasteiger partial charge in [-0.25, -0.2) is 4.98 Å². The summed E-state index contributed by atoms with van der Waals surface area (Å²) in [5.41, 5.74) is 2.58. The zero-order chi connectivity index (χ0) is 20.8. The average Bonchev–Trinajstić information content (AvgIpc) is 3.47. The third-order valence-electron chi connectivity index (χ3n) is 4.34. The Morgan fingerprint density at radius 2 is 1.87 bits per heavy atom. The van der Waals surface area contributed by atoms with Crippen LogP contribution in [-0.2, 0) is 11.2 Å². The van der Waals surface area contributed by atoms with Crippen molar-refractivity contribution in [1.82, 2.24) is 15.3 Å². The number of carbonyl (C=O) groups is 2. The molecular weight excluding hydrogens is 416 g/mol. The molecule has 0 aliphatic rings. The van der Waals surface area contributed by atoms with Crippen molar-refractivity contribution in [3.8, 4) is 11.3 Å². The molecule has 6 nitrogen and oxygen atoms in total. The van der Waals surface area contributed by atoms with Crippen molar-refractivity contribution < 1.29 is 9.59 Å². The first-order chi connectivity index (χ1) is 14.7. The van der Waals surface area contributed by atoms with E-state index in [-0.39, 0.29) is 11.8 Å². The van der Waals surface area contributed by atoms with Crippen LogP contribution in [0.15, 0.2) is 77.8 Å². The summed E-state index contributed by atoms with van der Waals surface area (Å²) in [5, 5.41) is 9.86. The number of hydrogen-bond donors (Lipinski definition) is 2. The summed E-state index contributed by atoms with van der Waals surface area (Å²) in [4.78, 5) is 34.7. The highest BCUT2D eigenvalue weighted by molar-refractivity contribution is 7.14. The van der Waals surface area contributed by atoms with E-state index >= 15 is 0 Å². The lowest BCUT2D eigenvalue weighted by atomic mass is 10.1. The topological polar surface area (TPSA) is 84.0 Å². The van der Waals surface area contributed by atoms with E-state index in [4.69, 9.17) is 0 Å². The van der Waals surface area contributed by atoms with Gasteiger partial charge in [0, 0.05) is 29.8 Å². The summed E-state index contributed by atoms with van der Waals surface area (Å²) in [6.45, 7) is 0. The maximum Gasteiger partial charge on any atom is 0.262 e. The summed E-state index contributed by atoms with van der Waals surface area (Å²) in [6, 6.07) is 16.2. The molecule has 150 valence electrons. The standard InChI is InChI=1S/C22H18N4O2S2/c27-20(26-22-25-18(14-30-22)16-8-4-10-23-13-16)17(12-15-6-2-1-3-7-15)24-21(28)19-9-5-11-29-19/h1-11,13-14,17H,12H2,(H,24,28)(H,25,26,27)/t17-/m0/s1. The fourth-order valence-corrected chi connectivity index (χ4v) is 4.22. The van der Waals surface area contributed by atoms with Crippen molar-refractivity contribution in [2.24, 2.45) is 0 Å². The first kappa shape index (κ1) is 19.9. The van der Waals surface area contributed by atoms with Gasteiger partial charge in [0.1, 0.15) is 6.04 Å². The van der Waals surface area contributed by atoms with Crippen molar-refractivity contribution in [1.29, 1.82) is 0 Å². The quantitative estimate of drug-likeness (QED) is 0.456. The van der Waals surface area contributed by atoms with Crippen LogP contribution in [0.5, 0.6) is 0 Å². The highest BCUT2D eigenvalue weighted by Gasteiger charge is 2.23. The molecule has 3 heterocycles. The van der Waals surface area contributed by atoms with Gasteiger partial charge in [-0.1, -0.05) is 36.4 Å². The molecule has 0 radical (unpaired) electrons. The van der Waals surface area contributed by atoms with Crippen LogP contribution in [0.25, 0.3) is 11.3 Å². The zero-order valence-corrected chi connectivity index (χ0v) is 17.5. The Labute approximate surface area is 181 Å². The molecule has 3 aromatic heterocycles.